The highest BCUT2D eigenvalue weighted by atomic mass is 79.9. The van der Waals surface area contributed by atoms with Gasteiger partial charge in [0.05, 0.1) is 5.69 Å². The van der Waals surface area contributed by atoms with E-state index in [-0.39, 0.29) is 5.91 Å². The minimum Gasteiger partial charge on any atom is -0.361 e. The van der Waals surface area contributed by atoms with E-state index in [4.69, 9.17) is 4.52 Å². The highest BCUT2D eigenvalue weighted by Crippen LogP contribution is 2.13. The summed E-state index contributed by atoms with van der Waals surface area (Å²) in [6, 6.07) is 7.31. The maximum atomic E-state index is 11.9. The predicted molar refractivity (Wildman–Crippen MR) is 76.2 cm³/mol. The van der Waals surface area contributed by atoms with Crippen LogP contribution in [0.4, 0.5) is 0 Å². The third-order valence-electron chi connectivity index (χ3n) is 2.93. The zero-order valence-electron chi connectivity index (χ0n) is 10.9. The fourth-order valence-electron chi connectivity index (χ4n) is 1.89. The molecule has 0 aliphatic rings. The van der Waals surface area contributed by atoms with E-state index in [2.05, 4.69) is 26.4 Å². The Hall–Kier alpha value is -1.62. The number of nitrogens with one attached hydrogen (secondary N) is 1. The van der Waals surface area contributed by atoms with Crippen molar-refractivity contribution in [1.29, 1.82) is 0 Å². The van der Waals surface area contributed by atoms with Gasteiger partial charge in [-0.2, -0.15) is 0 Å². The molecule has 0 aliphatic carbocycles. The molecule has 0 aliphatic heterocycles. The fourth-order valence-corrected chi connectivity index (χ4v) is 2.29. The van der Waals surface area contributed by atoms with Crippen LogP contribution in [0, 0.1) is 13.8 Å². The standard InChI is InChI=1S/C14H15BrN2O2/c1-9-13(10(2)19-17-9)6-7-16-14(18)11-4-3-5-12(15)8-11/h3-5,8H,6-7H2,1-2H3,(H,16,18). The van der Waals surface area contributed by atoms with E-state index in [0.717, 1.165) is 27.9 Å². The third kappa shape index (κ3) is 3.44. The molecule has 2 aromatic rings. The van der Waals surface area contributed by atoms with E-state index in [1.165, 1.54) is 0 Å². The van der Waals surface area contributed by atoms with Gasteiger partial charge in [-0.15, -0.1) is 0 Å². The number of benzene rings is 1. The van der Waals surface area contributed by atoms with Crippen LogP contribution in [0.15, 0.2) is 33.3 Å². The van der Waals surface area contributed by atoms with E-state index in [0.29, 0.717) is 12.1 Å². The Kier molecular flexibility index (Phi) is 4.37. The molecule has 0 unspecified atom stereocenters. The first-order chi connectivity index (χ1) is 9.08. The van der Waals surface area contributed by atoms with Crippen LogP contribution in [0.25, 0.3) is 0 Å². The molecule has 0 fully saturated rings. The lowest BCUT2D eigenvalue weighted by Gasteiger charge is -2.05. The molecule has 1 aromatic heterocycles. The number of carbonyl (C=O) groups is 1. The molecular formula is C14H15BrN2O2. The number of halogens is 1. The van der Waals surface area contributed by atoms with Gasteiger partial charge in [-0.05, 0) is 38.5 Å². The lowest BCUT2D eigenvalue weighted by molar-refractivity contribution is 0.0954. The number of nitrogens with zero attached hydrogens (tertiary/aromatic N) is 1. The van der Waals surface area contributed by atoms with Gasteiger partial charge in [-0.1, -0.05) is 27.2 Å². The Bertz CT molecular complexity index is 573. The summed E-state index contributed by atoms with van der Waals surface area (Å²) < 4.78 is 5.98. The van der Waals surface area contributed by atoms with Gasteiger partial charge >= 0.3 is 0 Å². The van der Waals surface area contributed by atoms with Gasteiger partial charge in [-0.3, -0.25) is 4.79 Å². The fraction of sp³-hybridized carbons (Fsp3) is 0.286. The first-order valence-electron chi connectivity index (χ1n) is 6.03. The smallest absolute Gasteiger partial charge is 0.251 e. The zero-order valence-corrected chi connectivity index (χ0v) is 12.5. The van der Waals surface area contributed by atoms with Crippen molar-refractivity contribution in [2.24, 2.45) is 0 Å². The predicted octanol–water partition coefficient (Wildman–Crippen LogP) is 3.03. The average Bonchev–Trinajstić information content (AvgIpc) is 2.70. The molecule has 2 rings (SSSR count). The normalized spacial score (nSPS) is 10.5. The number of hydrogen-bond donors (Lipinski definition) is 1. The first-order valence-corrected chi connectivity index (χ1v) is 6.82. The van der Waals surface area contributed by atoms with Crippen molar-refractivity contribution in [2.75, 3.05) is 6.54 Å². The maximum absolute atomic E-state index is 11.9. The maximum Gasteiger partial charge on any atom is 0.251 e. The monoisotopic (exact) mass is 322 g/mol. The molecule has 4 nitrogen and oxygen atoms in total. The summed E-state index contributed by atoms with van der Waals surface area (Å²) in [6.45, 7) is 4.35. The van der Waals surface area contributed by atoms with Gasteiger partial charge in [0.1, 0.15) is 5.76 Å². The molecule has 0 radical (unpaired) electrons. The summed E-state index contributed by atoms with van der Waals surface area (Å²) in [6.07, 6.45) is 0.723. The Labute approximate surface area is 120 Å². The van der Waals surface area contributed by atoms with Crippen molar-refractivity contribution >= 4 is 21.8 Å². The molecule has 0 spiro atoms. The van der Waals surface area contributed by atoms with Crippen LogP contribution in [0.5, 0.6) is 0 Å². The molecule has 100 valence electrons. The molecule has 1 N–H and O–H groups in total. The Morgan fingerprint density at radius 1 is 1.42 bits per heavy atom. The van der Waals surface area contributed by atoms with E-state index in [9.17, 15) is 4.79 Å². The summed E-state index contributed by atoms with van der Waals surface area (Å²) in [5.74, 6) is 0.738. The van der Waals surface area contributed by atoms with Gasteiger partial charge < -0.3 is 9.84 Å². The average molecular weight is 323 g/mol. The van der Waals surface area contributed by atoms with Crippen molar-refractivity contribution < 1.29 is 9.32 Å². The minimum atomic E-state index is -0.0759. The van der Waals surface area contributed by atoms with E-state index in [1.807, 2.05) is 26.0 Å². The van der Waals surface area contributed by atoms with Crippen LogP contribution in [-0.2, 0) is 6.42 Å². The van der Waals surface area contributed by atoms with Crippen molar-refractivity contribution in [3.63, 3.8) is 0 Å². The number of hydrogen-bond acceptors (Lipinski definition) is 3. The van der Waals surface area contributed by atoms with Crippen LogP contribution in [0.3, 0.4) is 0 Å². The molecule has 0 atom stereocenters. The van der Waals surface area contributed by atoms with Gasteiger partial charge in [-0.25, -0.2) is 0 Å². The SMILES string of the molecule is Cc1noc(C)c1CCNC(=O)c1cccc(Br)c1. The molecule has 0 saturated heterocycles. The Balaban J connectivity index is 1.91. The van der Waals surface area contributed by atoms with Crippen molar-refractivity contribution in [2.45, 2.75) is 20.3 Å². The molecule has 0 saturated carbocycles. The molecule has 1 heterocycles. The lowest BCUT2D eigenvalue weighted by atomic mass is 10.1. The van der Waals surface area contributed by atoms with Crippen LogP contribution in [0.1, 0.15) is 27.4 Å². The number of carbonyl (C=O) groups excluding carboxylic acids is 1. The molecule has 1 amide bonds. The molecule has 5 heteroatoms. The topological polar surface area (TPSA) is 55.1 Å². The second-order valence-electron chi connectivity index (χ2n) is 4.32. The van der Waals surface area contributed by atoms with Crippen molar-refractivity contribution in [1.82, 2.24) is 10.5 Å². The lowest BCUT2D eigenvalue weighted by Crippen LogP contribution is -2.25. The van der Waals surface area contributed by atoms with Gasteiger partial charge in [0.25, 0.3) is 5.91 Å². The summed E-state index contributed by atoms with van der Waals surface area (Å²) in [7, 11) is 0. The summed E-state index contributed by atoms with van der Waals surface area (Å²) in [4.78, 5) is 11.9. The molecule has 1 aromatic carbocycles. The second-order valence-corrected chi connectivity index (χ2v) is 5.23. The van der Waals surface area contributed by atoms with Crippen molar-refractivity contribution in [3.05, 3.63) is 51.3 Å². The van der Waals surface area contributed by atoms with Crippen LogP contribution in [0.2, 0.25) is 0 Å². The van der Waals surface area contributed by atoms with Crippen LogP contribution >= 0.6 is 15.9 Å². The van der Waals surface area contributed by atoms with E-state index >= 15 is 0 Å². The van der Waals surface area contributed by atoms with Crippen LogP contribution < -0.4 is 5.32 Å². The number of rotatable bonds is 4. The molecule has 19 heavy (non-hydrogen) atoms. The number of aryl methyl sites for hydroxylation is 2. The van der Waals surface area contributed by atoms with Gasteiger partial charge in [0.2, 0.25) is 0 Å². The van der Waals surface area contributed by atoms with E-state index < -0.39 is 0 Å². The Morgan fingerprint density at radius 3 is 2.84 bits per heavy atom. The Morgan fingerprint density at radius 2 is 2.21 bits per heavy atom. The molecule has 0 bridgehead atoms. The van der Waals surface area contributed by atoms with Crippen LogP contribution in [-0.4, -0.2) is 17.6 Å². The molecular weight excluding hydrogens is 308 g/mol. The van der Waals surface area contributed by atoms with Crippen molar-refractivity contribution in [3.8, 4) is 0 Å². The summed E-state index contributed by atoms with van der Waals surface area (Å²) in [5.41, 5.74) is 2.59. The van der Waals surface area contributed by atoms with Gasteiger partial charge in [0.15, 0.2) is 0 Å². The first kappa shape index (κ1) is 13.8. The largest absolute Gasteiger partial charge is 0.361 e. The second kappa shape index (κ2) is 6.02. The van der Waals surface area contributed by atoms with Gasteiger partial charge in [0, 0.05) is 22.1 Å². The quantitative estimate of drug-likeness (QED) is 0.941. The number of aromatic nitrogens is 1. The highest BCUT2D eigenvalue weighted by molar-refractivity contribution is 9.10. The minimum absolute atomic E-state index is 0.0759. The summed E-state index contributed by atoms with van der Waals surface area (Å²) in [5, 5.41) is 6.78. The summed E-state index contributed by atoms with van der Waals surface area (Å²) >= 11 is 3.35. The third-order valence-corrected chi connectivity index (χ3v) is 3.42. The zero-order chi connectivity index (χ0) is 13.8. The number of amides is 1. The van der Waals surface area contributed by atoms with E-state index in [1.54, 1.807) is 12.1 Å². The highest BCUT2D eigenvalue weighted by Gasteiger charge is 2.10.